The summed E-state index contributed by atoms with van der Waals surface area (Å²) in [4.78, 5) is 0. The van der Waals surface area contributed by atoms with Gasteiger partial charge in [-0.2, -0.15) is 0 Å². The predicted molar refractivity (Wildman–Crippen MR) is 90.6 cm³/mol. The van der Waals surface area contributed by atoms with Gasteiger partial charge in [0.25, 0.3) is 0 Å². The van der Waals surface area contributed by atoms with Crippen molar-refractivity contribution in [2.24, 2.45) is 0 Å². The lowest BCUT2D eigenvalue weighted by Gasteiger charge is -2.15. The smallest absolute Gasteiger partial charge is 0.167 e. The average Bonchev–Trinajstić information content (AvgIpc) is 3.14. The lowest BCUT2D eigenvalue weighted by atomic mass is 10.1. The first kappa shape index (κ1) is 14.7. The third-order valence-corrected chi connectivity index (χ3v) is 3.89. The fourth-order valence-electron chi connectivity index (χ4n) is 2.50. The van der Waals surface area contributed by atoms with Crippen LogP contribution in [-0.4, -0.2) is 5.11 Å². The minimum atomic E-state index is -0.0102. The second-order valence-corrected chi connectivity index (χ2v) is 5.62. The van der Waals surface area contributed by atoms with Crippen molar-refractivity contribution < 1.29 is 8.83 Å². The molecule has 4 nitrogen and oxygen atoms in total. The van der Waals surface area contributed by atoms with Gasteiger partial charge in [-0.25, -0.2) is 0 Å². The van der Waals surface area contributed by atoms with E-state index in [-0.39, 0.29) is 6.04 Å². The average molecular weight is 314 g/mol. The number of rotatable bonds is 4. The van der Waals surface area contributed by atoms with E-state index >= 15 is 0 Å². The SMILES string of the molecule is Cc1c([C@@H](C)NC(=S)NCc2ccco2)oc2ccccc12. The van der Waals surface area contributed by atoms with E-state index < -0.39 is 0 Å². The second-order valence-electron chi connectivity index (χ2n) is 5.22. The highest BCUT2D eigenvalue weighted by molar-refractivity contribution is 7.80. The summed E-state index contributed by atoms with van der Waals surface area (Å²) in [5.74, 6) is 1.75. The van der Waals surface area contributed by atoms with E-state index in [4.69, 9.17) is 21.1 Å². The Morgan fingerprint density at radius 2 is 2.05 bits per heavy atom. The van der Waals surface area contributed by atoms with Gasteiger partial charge in [0.05, 0.1) is 18.8 Å². The van der Waals surface area contributed by atoms with Crippen LogP contribution >= 0.6 is 12.2 Å². The Morgan fingerprint density at radius 3 is 2.77 bits per heavy atom. The van der Waals surface area contributed by atoms with E-state index in [9.17, 15) is 0 Å². The van der Waals surface area contributed by atoms with E-state index in [0.717, 1.165) is 28.1 Å². The zero-order valence-electron chi connectivity index (χ0n) is 12.6. The lowest BCUT2D eigenvalue weighted by molar-refractivity contribution is 0.481. The van der Waals surface area contributed by atoms with Crippen molar-refractivity contribution in [1.82, 2.24) is 10.6 Å². The fraction of sp³-hybridized carbons (Fsp3) is 0.235. The summed E-state index contributed by atoms with van der Waals surface area (Å²) >= 11 is 5.32. The first-order valence-electron chi connectivity index (χ1n) is 7.20. The molecule has 5 heteroatoms. The Kier molecular flexibility index (Phi) is 4.15. The summed E-state index contributed by atoms with van der Waals surface area (Å²) in [7, 11) is 0. The third kappa shape index (κ3) is 2.99. The minimum Gasteiger partial charge on any atom is -0.467 e. The van der Waals surface area contributed by atoms with Crippen molar-refractivity contribution >= 4 is 28.3 Å². The molecule has 1 aromatic carbocycles. The first-order chi connectivity index (χ1) is 10.6. The summed E-state index contributed by atoms with van der Waals surface area (Å²) in [5.41, 5.74) is 2.04. The minimum absolute atomic E-state index is 0.0102. The van der Waals surface area contributed by atoms with Gasteiger partial charge >= 0.3 is 0 Å². The maximum absolute atomic E-state index is 5.94. The van der Waals surface area contributed by atoms with Crippen LogP contribution in [0.3, 0.4) is 0 Å². The zero-order valence-corrected chi connectivity index (χ0v) is 13.4. The third-order valence-electron chi connectivity index (χ3n) is 3.62. The molecule has 0 spiro atoms. The molecule has 2 N–H and O–H groups in total. The van der Waals surface area contributed by atoms with Crippen molar-refractivity contribution in [1.29, 1.82) is 0 Å². The van der Waals surface area contributed by atoms with Crippen LogP contribution < -0.4 is 10.6 Å². The predicted octanol–water partition coefficient (Wildman–Crippen LogP) is 4.06. The number of furan rings is 2. The highest BCUT2D eigenvalue weighted by Crippen LogP contribution is 2.29. The summed E-state index contributed by atoms with van der Waals surface area (Å²) in [6, 6.07) is 11.8. The Balaban J connectivity index is 1.66. The Hall–Kier alpha value is -2.27. The van der Waals surface area contributed by atoms with Gasteiger partial charge in [0.2, 0.25) is 0 Å². The van der Waals surface area contributed by atoms with Crippen LogP contribution in [-0.2, 0) is 6.54 Å². The van der Waals surface area contributed by atoms with Gasteiger partial charge in [0, 0.05) is 10.9 Å². The largest absolute Gasteiger partial charge is 0.467 e. The molecule has 2 heterocycles. The molecule has 0 fully saturated rings. The molecule has 0 saturated carbocycles. The van der Waals surface area contributed by atoms with Crippen molar-refractivity contribution in [2.75, 3.05) is 0 Å². The van der Waals surface area contributed by atoms with Gasteiger partial charge in [0.15, 0.2) is 5.11 Å². The topological polar surface area (TPSA) is 50.3 Å². The van der Waals surface area contributed by atoms with E-state index in [1.165, 1.54) is 0 Å². The van der Waals surface area contributed by atoms with Gasteiger partial charge in [0.1, 0.15) is 17.1 Å². The molecule has 3 aromatic rings. The van der Waals surface area contributed by atoms with E-state index in [1.807, 2.05) is 37.3 Å². The van der Waals surface area contributed by atoms with Gasteiger partial charge < -0.3 is 19.5 Å². The lowest BCUT2D eigenvalue weighted by Crippen LogP contribution is -2.36. The highest BCUT2D eigenvalue weighted by Gasteiger charge is 2.17. The summed E-state index contributed by atoms with van der Waals surface area (Å²) in [6.45, 7) is 4.66. The molecule has 1 atom stereocenters. The van der Waals surface area contributed by atoms with Crippen molar-refractivity contribution in [3.05, 3.63) is 59.7 Å². The number of nitrogens with one attached hydrogen (secondary N) is 2. The van der Waals surface area contributed by atoms with Crippen molar-refractivity contribution in [2.45, 2.75) is 26.4 Å². The van der Waals surface area contributed by atoms with Gasteiger partial charge in [-0.15, -0.1) is 0 Å². The number of hydrogen-bond donors (Lipinski definition) is 2. The molecule has 3 rings (SSSR count). The molecule has 0 unspecified atom stereocenters. The normalized spacial score (nSPS) is 12.3. The van der Waals surface area contributed by atoms with Crippen LogP contribution in [0.1, 0.15) is 30.0 Å². The second kappa shape index (κ2) is 6.23. The Morgan fingerprint density at radius 1 is 1.23 bits per heavy atom. The van der Waals surface area contributed by atoms with Crippen LogP contribution in [0.15, 0.2) is 51.5 Å². The molecule has 0 amide bonds. The van der Waals surface area contributed by atoms with Crippen LogP contribution in [0.2, 0.25) is 0 Å². The number of thiocarbonyl (C=S) groups is 1. The highest BCUT2D eigenvalue weighted by atomic mass is 32.1. The van der Waals surface area contributed by atoms with Crippen molar-refractivity contribution in [3.63, 3.8) is 0 Å². The maximum Gasteiger partial charge on any atom is 0.167 e. The number of hydrogen-bond acceptors (Lipinski definition) is 3. The quantitative estimate of drug-likeness (QED) is 0.711. The van der Waals surface area contributed by atoms with Crippen LogP contribution in [0.5, 0.6) is 0 Å². The number of fused-ring (bicyclic) bond motifs is 1. The molecular weight excluding hydrogens is 296 g/mol. The van der Waals surface area contributed by atoms with Crippen molar-refractivity contribution in [3.8, 4) is 0 Å². The Labute approximate surface area is 134 Å². The van der Waals surface area contributed by atoms with E-state index in [2.05, 4.69) is 23.6 Å². The van der Waals surface area contributed by atoms with Crippen LogP contribution in [0.4, 0.5) is 0 Å². The van der Waals surface area contributed by atoms with Crippen LogP contribution in [0, 0.1) is 6.92 Å². The van der Waals surface area contributed by atoms with Gasteiger partial charge in [-0.05, 0) is 44.3 Å². The fourth-order valence-corrected chi connectivity index (χ4v) is 2.75. The maximum atomic E-state index is 5.94. The molecule has 0 saturated heterocycles. The van der Waals surface area contributed by atoms with Gasteiger partial charge in [-0.1, -0.05) is 18.2 Å². The van der Waals surface area contributed by atoms with Crippen LogP contribution in [0.25, 0.3) is 11.0 Å². The summed E-state index contributed by atoms with van der Waals surface area (Å²) in [5, 5.41) is 8.08. The molecule has 0 aliphatic rings. The molecule has 0 radical (unpaired) electrons. The zero-order chi connectivity index (χ0) is 15.5. The standard InChI is InChI=1S/C17H18N2O2S/c1-11-14-7-3-4-8-15(14)21-16(11)12(2)19-17(22)18-10-13-6-5-9-20-13/h3-9,12H,10H2,1-2H3,(H2,18,19,22)/t12-/m1/s1. The molecule has 0 bridgehead atoms. The molecular formula is C17H18N2O2S. The molecule has 22 heavy (non-hydrogen) atoms. The number of aryl methyl sites for hydroxylation is 1. The molecule has 0 aliphatic carbocycles. The summed E-state index contributed by atoms with van der Waals surface area (Å²) in [6.07, 6.45) is 1.65. The number of para-hydroxylation sites is 1. The molecule has 114 valence electrons. The first-order valence-corrected chi connectivity index (χ1v) is 7.60. The molecule has 2 aromatic heterocycles. The van der Waals surface area contributed by atoms with Gasteiger partial charge in [-0.3, -0.25) is 0 Å². The summed E-state index contributed by atoms with van der Waals surface area (Å²) < 4.78 is 11.2. The Bertz CT molecular complexity index is 777. The van der Waals surface area contributed by atoms with E-state index in [0.29, 0.717) is 11.7 Å². The number of benzene rings is 1. The monoisotopic (exact) mass is 314 g/mol. The molecule has 0 aliphatic heterocycles. The van der Waals surface area contributed by atoms with E-state index in [1.54, 1.807) is 6.26 Å².